The highest BCUT2D eigenvalue weighted by Gasteiger charge is 2.15. The third-order valence-electron chi connectivity index (χ3n) is 2.08. The van der Waals surface area contributed by atoms with Crippen molar-refractivity contribution in [3.8, 4) is 0 Å². The normalized spacial score (nSPS) is 13.1. The fraction of sp³-hybridized carbons (Fsp3) is 0.900. The molecule has 0 heterocycles. The Morgan fingerprint density at radius 1 is 1.27 bits per heavy atom. The van der Waals surface area contributed by atoms with Gasteiger partial charge in [-0.2, -0.15) is 11.8 Å². The number of hydrogen-bond donors (Lipinski definition) is 1. The lowest BCUT2D eigenvalue weighted by atomic mass is 10.0. The van der Waals surface area contributed by atoms with Crippen molar-refractivity contribution >= 4 is 17.7 Å². The van der Waals surface area contributed by atoms with E-state index in [9.17, 15) is 13.6 Å². The number of alkyl halides is 2. The monoisotopic (exact) mass is 240 g/mol. The van der Waals surface area contributed by atoms with Gasteiger partial charge in [-0.1, -0.05) is 13.3 Å². The molecular weight excluding hydrogens is 222 g/mol. The Morgan fingerprint density at radius 2 is 1.87 bits per heavy atom. The van der Waals surface area contributed by atoms with Crippen LogP contribution in [0.5, 0.6) is 0 Å². The summed E-state index contributed by atoms with van der Waals surface area (Å²) in [5.74, 6) is -0.0137. The molecule has 1 unspecified atom stereocenters. The molecule has 0 aromatic carbocycles. The van der Waals surface area contributed by atoms with Gasteiger partial charge >= 0.3 is 5.97 Å². The van der Waals surface area contributed by atoms with Gasteiger partial charge in [-0.15, -0.1) is 0 Å². The molecule has 0 bridgehead atoms. The zero-order chi connectivity index (χ0) is 11.7. The highest BCUT2D eigenvalue weighted by atomic mass is 32.2. The molecule has 0 saturated heterocycles. The Balaban J connectivity index is 3.49. The third-order valence-corrected chi connectivity index (χ3v) is 3.13. The van der Waals surface area contributed by atoms with Crippen molar-refractivity contribution in [2.75, 3.05) is 11.5 Å². The molecule has 0 fully saturated rings. The van der Waals surface area contributed by atoms with Crippen LogP contribution in [0.4, 0.5) is 8.78 Å². The number of rotatable bonds is 9. The fourth-order valence-electron chi connectivity index (χ4n) is 1.24. The third kappa shape index (κ3) is 8.66. The van der Waals surface area contributed by atoms with E-state index >= 15 is 0 Å². The molecule has 0 radical (unpaired) electrons. The van der Waals surface area contributed by atoms with Crippen molar-refractivity contribution in [1.29, 1.82) is 0 Å². The van der Waals surface area contributed by atoms with Crippen LogP contribution in [0.3, 0.4) is 0 Å². The summed E-state index contributed by atoms with van der Waals surface area (Å²) in [5.41, 5.74) is 0. The van der Waals surface area contributed by atoms with Crippen LogP contribution in [0.1, 0.15) is 32.6 Å². The standard InChI is InChI=1S/C10H18F2O2S/c1-2-3-8(10(13)14)4-6-15-7-5-9(11)12/h8-9H,2-7H2,1H3,(H,13,14). The van der Waals surface area contributed by atoms with Crippen LogP contribution in [0.2, 0.25) is 0 Å². The molecule has 0 aromatic rings. The second kappa shape index (κ2) is 8.95. The van der Waals surface area contributed by atoms with E-state index in [2.05, 4.69) is 0 Å². The highest BCUT2D eigenvalue weighted by Crippen LogP contribution is 2.16. The van der Waals surface area contributed by atoms with E-state index in [4.69, 9.17) is 5.11 Å². The lowest BCUT2D eigenvalue weighted by Gasteiger charge is -2.10. The van der Waals surface area contributed by atoms with Crippen molar-refractivity contribution < 1.29 is 18.7 Å². The van der Waals surface area contributed by atoms with E-state index in [1.165, 1.54) is 11.8 Å². The summed E-state index contributed by atoms with van der Waals surface area (Å²) in [6.07, 6.45) is -0.250. The van der Waals surface area contributed by atoms with Crippen LogP contribution in [-0.4, -0.2) is 29.0 Å². The van der Waals surface area contributed by atoms with E-state index in [0.29, 0.717) is 24.3 Å². The second-order valence-electron chi connectivity index (χ2n) is 3.40. The van der Waals surface area contributed by atoms with Crippen molar-refractivity contribution in [2.24, 2.45) is 5.92 Å². The Kier molecular flexibility index (Phi) is 8.76. The van der Waals surface area contributed by atoms with E-state index in [-0.39, 0.29) is 12.3 Å². The van der Waals surface area contributed by atoms with E-state index < -0.39 is 12.4 Å². The maximum absolute atomic E-state index is 11.8. The Labute approximate surface area is 93.4 Å². The molecule has 0 spiro atoms. The summed E-state index contributed by atoms with van der Waals surface area (Å²) in [4.78, 5) is 10.7. The van der Waals surface area contributed by atoms with Gasteiger partial charge in [-0.25, -0.2) is 8.78 Å². The molecule has 0 aromatic heterocycles. The summed E-state index contributed by atoms with van der Waals surface area (Å²) < 4.78 is 23.5. The van der Waals surface area contributed by atoms with E-state index in [1.807, 2.05) is 6.92 Å². The number of carboxylic acids is 1. The average Bonchev–Trinajstić information content (AvgIpc) is 2.15. The zero-order valence-electron chi connectivity index (χ0n) is 8.92. The first kappa shape index (κ1) is 14.7. The van der Waals surface area contributed by atoms with Gasteiger partial charge in [-0.3, -0.25) is 4.79 Å². The van der Waals surface area contributed by atoms with Crippen LogP contribution in [-0.2, 0) is 4.79 Å². The van der Waals surface area contributed by atoms with Gasteiger partial charge in [0.2, 0.25) is 6.43 Å². The quantitative estimate of drug-likeness (QED) is 0.628. The molecule has 0 aliphatic rings. The van der Waals surface area contributed by atoms with Crippen molar-refractivity contribution in [3.05, 3.63) is 0 Å². The molecule has 0 amide bonds. The Hall–Kier alpha value is -0.320. The van der Waals surface area contributed by atoms with Gasteiger partial charge in [0, 0.05) is 6.42 Å². The van der Waals surface area contributed by atoms with Gasteiger partial charge in [0.15, 0.2) is 0 Å². The summed E-state index contributed by atoms with van der Waals surface area (Å²) in [6.45, 7) is 1.94. The lowest BCUT2D eigenvalue weighted by molar-refractivity contribution is -0.142. The maximum atomic E-state index is 11.8. The molecule has 0 aliphatic heterocycles. The number of halogens is 2. The molecule has 15 heavy (non-hydrogen) atoms. The molecule has 2 nitrogen and oxygen atoms in total. The van der Waals surface area contributed by atoms with Crippen LogP contribution in [0, 0.1) is 5.92 Å². The SMILES string of the molecule is CCCC(CCSCCC(F)F)C(=O)O. The number of aliphatic carboxylic acids is 1. The predicted octanol–water partition coefficient (Wildman–Crippen LogP) is 3.27. The first-order valence-corrected chi connectivity index (χ1v) is 6.32. The van der Waals surface area contributed by atoms with E-state index in [0.717, 1.165) is 6.42 Å². The summed E-state index contributed by atoms with van der Waals surface area (Å²) in [5, 5.41) is 8.82. The first-order valence-electron chi connectivity index (χ1n) is 5.16. The zero-order valence-corrected chi connectivity index (χ0v) is 9.73. The fourth-order valence-corrected chi connectivity index (χ4v) is 2.24. The summed E-state index contributed by atoms with van der Waals surface area (Å²) in [6, 6.07) is 0. The van der Waals surface area contributed by atoms with Gasteiger partial charge in [0.05, 0.1) is 5.92 Å². The predicted molar refractivity (Wildman–Crippen MR) is 58.6 cm³/mol. The Bertz CT molecular complexity index is 177. The molecule has 1 N–H and O–H groups in total. The van der Waals surface area contributed by atoms with Crippen LogP contribution in [0.25, 0.3) is 0 Å². The van der Waals surface area contributed by atoms with Crippen molar-refractivity contribution in [1.82, 2.24) is 0 Å². The smallest absolute Gasteiger partial charge is 0.306 e. The molecule has 90 valence electrons. The van der Waals surface area contributed by atoms with Gasteiger partial charge in [0.1, 0.15) is 0 Å². The number of carboxylic acid groups (broad SMARTS) is 1. The maximum Gasteiger partial charge on any atom is 0.306 e. The minimum absolute atomic E-state index is 0.101. The highest BCUT2D eigenvalue weighted by molar-refractivity contribution is 7.99. The van der Waals surface area contributed by atoms with Gasteiger partial charge in [-0.05, 0) is 24.3 Å². The first-order chi connectivity index (χ1) is 7.07. The largest absolute Gasteiger partial charge is 0.481 e. The van der Waals surface area contributed by atoms with Gasteiger partial charge in [0.25, 0.3) is 0 Å². The summed E-state index contributed by atoms with van der Waals surface area (Å²) >= 11 is 1.41. The topological polar surface area (TPSA) is 37.3 Å². The lowest BCUT2D eigenvalue weighted by Crippen LogP contribution is -2.14. The van der Waals surface area contributed by atoms with Crippen LogP contribution >= 0.6 is 11.8 Å². The van der Waals surface area contributed by atoms with Crippen molar-refractivity contribution in [2.45, 2.75) is 39.0 Å². The minimum Gasteiger partial charge on any atom is -0.481 e. The molecule has 0 rings (SSSR count). The number of carbonyl (C=O) groups is 1. The van der Waals surface area contributed by atoms with Crippen LogP contribution < -0.4 is 0 Å². The average molecular weight is 240 g/mol. The van der Waals surface area contributed by atoms with Crippen molar-refractivity contribution in [3.63, 3.8) is 0 Å². The molecular formula is C10H18F2O2S. The minimum atomic E-state index is -2.25. The van der Waals surface area contributed by atoms with E-state index in [1.54, 1.807) is 0 Å². The van der Waals surface area contributed by atoms with Gasteiger partial charge < -0.3 is 5.11 Å². The second-order valence-corrected chi connectivity index (χ2v) is 4.63. The summed E-state index contributed by atoms with van der Waals surface area (Å²) in [7, 11) is 0. The molecule has 5 heteroatoms. The molecule has 0 aliphatic carbocycles. The molecule has 0 saturated carbocycles. The van der Waals surface area contributed by atoms with Crippen LogP contribution in [0.15, 0.2) is 0 Å². The number of thioether (sulfide) groups is 1. The Morgan fingerprint density at radius 3 is 2.33 bits per heavy atom. The molecule has 1 atom stereocenters. The number of hydrogen-bond acceptors (Lipinski definition) is 2.